The van der Waals surface area contributed by atoms with E-state index in [1.807, 2.05) is 17.9 Å². The first-order valence-electron chi connectivity index (χ1n) is 9.06. The number of morpholine rings is 1. The summed E-state index contributed by atoms with van der Waals surface area (Å²) in [6, 6.07) is 14.9. The van der Waals surface area contributed by atoms with Gasteiger partial charge in [-0.25, -0.2) is 0 Å². The molecule has 132 valence electrons. The minimum absolute atomic E-state index is 0.126. The molecule has 0 N–H and O–H groups in total. The summed E-state index contributed by atoms with van der Waals surface area (Å²) in [7, 11) is 0. The second kappa shape index (κ2) is 7.02. The number of fused-ring (bicyclic) bond motifs is 1. The highest BCUT2D eigenvalue weighted by Crippen LogP contribution is 2.32. The van der Waals surface area contributed by atoms with Gasteiger partial charge in [0, 0.05) is 38.1 Å². The Hall–Kier alpha value is -2.11. The molecule has 25 heavy (non-hydrogen) atoms. The average Bonchev–Trinajstić information content (AvgIpc) is 3.11. The average molecular weight is 339 g/mol. The molecule has 5 heteroatoms. The molecule has 2 atom stereocenters. The molecule has 2 aromatic rings. The fraction of sp³-hybridized carbons (Fsp3) is 0.450. The maximum atomic E-state index is 12.9. The van der Waals surface area contributed by atoms with Crippen LogP contribution in [0.4, 0.5) is 0 Å². The second-order valence-electron chi connectivity index (χ2n) is 6.93. The van der Waals surface area contributed by atoms with Gasteiger partial charge < -0.3 is 14.2 Å². The summed E-state index contributed by atoms with van der Waals surface area (Å²) in [5, 5.41) is 0. The molecule has 1 aromatic carbocycles. The zero-order valence-corrected chi connectivity index (χ0v) is 14.7. The van der Waals surface area contributed by atoms with Gasteiger partial charge in [-0.15, -0.1) is 0 Å². The van der Waals surface area contributed by atoms with Crippen LogP contribution in [0.25, 0.3) is 0 Å². The van der Waals surface area contributed by atoms with Crippen LogP contribution in [0.2, 0.25) is 0 Å². The number of aromatic nitrogens is 1. The van der Waals surface area contributed by atoms with Gasteiger partial charge in [0.05, 0.1) is 25.3 Å². The van der Waals surface area contributed by atoms with E-state index in [2.05, 4.69) is 52.1 Å². The van der Waals surface area contributed by atoms with E-state index in [9.17, 15) is 4.79 Å². The molecule has 5 nitrogen and oxygen atoms in total. The van der Waals surface area contributed by atoms with Crippen molar-refractivity contribution in [2.24, 2.45) is 0 Å². The van der Waals surface area contributed by atoms with Gasteiger partial charge in [-0.2, -0.15) is 0 Å². The largest absolute Gasteiger partial charge is 0.375 e. The first-order chi connectivity index (χ1) is 12.2. The maximum absolute atomic E-state index is 12.9. The van der Waals surface area contributed by atoms with Crippen molar-refractivity contribution < 1.29 is 9.53 Å². The van der Waals surface area contributed by atoms with Crippen molar-refractivity contribution in [2.75, 3.05) is 32.8 Å². The van der Waals surface area contributed by atoms with E-state index in [0.29, 0.717) is 26.2 Å². The van der Waals surface area contributed by atoms with Crippen LogP contribution in [-0.4, -0.2) is 59.2 Å². The zero-order valence-electron chi connectivity index (χ0n) is 14.7. The van der Waals surface area contributed by atoms with Gasteiger partial charge in [0.2, 0.25) is 5.91 Å². The highest BCUT2D eigenvalue weighted by atomic mass is 16.5. The zero-order chi connectivity index (χ0) is 17.2. The number of ether oxygens (including phenoxy) is 1. The number of hydrogen-bond acceptors (Lipinski definition) is 3. The Kier molecular flexibility index (Phi) is 4.59. The van der Waals surface area contributed by atoms with Crippen LogP contribution < -0.4 is 0 Å². The highest BCUT2D eigenvalue weighted by molar-refractivity contribution is 5.78. The fourth-order valence-corrected chi connectivity index (χ4v) is 3.94. The van der Waals surface area contributed by atoms with Crippen LogP contribution in [0.15, 0.2) is 48.7 Å². The molecule has 0 bridgehead atoms. The number of carbonyl (C=O) groups excluding carboxylic acids is 1. The quantitative estimate of drug-likeness (QED) is 0.860. The van der Waals surface area contributed by atoms with Gasteiger partial charge in [-0.1, -0.05) is 30.3 Å². The summed E-state index contributed by atoms with van der Waals surface area (Å²) in [4.78, 5) is 17.1. The maximum Gasteiger partial charge on any atom is 0.236 e. The standard InChI is InChI=1S/C20H25N3O2/c1-16-14-22(12-13-25-16)19(24)15-23-11-10-21-9-5-8-18(21)20(23)17-6-3-2-4-7-17/h2-9,16,20H,10-15H2,1H3/t16-,20-/m1/s1. The lowest BCUT2D eigenvalue weighted by molar-refractivity contribution is -0.140. The Morgan fingerprint density at radius 3 is 2.76 bits per heavy atom. The third kappa shape index (κ3) is 3.34. The van der Waals surface area contributed by atoms with Crippen LogP contribution in [0.1, 0.15) is 24.2 Å². The second-order valence-corrected chi connectivity index (χ2v) is 6.93. The number of rotatable bonds is 3. The normalized spacial score (nSPS) is 24.1. The number of carbonyl (C=O) groups is 1. The summed E-state index contributed by atoms with van der Waals surface area (Å²) >= 11 is 0. The molecular weight excluding hydrogens is 314 g/mol. The molecule has 2 aliphatic heterocycles. The van der Waals surface area contributed by atoms with Crippen molar-refractivity contribution in [1.29, 1.82) is 0 Å². The summed E-state index contributed by atoms with van der Waals surface area (Å²) in [6.07, 6.45) is 2.26. The van der Waals surface area contributed by atoms with Crippen LogP contribution >= 0.6 is 0 Å². The minimum atomic E-state index is 0.126. The van der Waals surface area contributed by atoms with E-state index in [-0.39, 0.29) is 18.1 Å². The van der Waals surface area contributed by atoms with E-state index in [4.69, 9.17) is 4.74 Å². The van der Waals surface area contributed by atoms with E-state index in [1.54, 1.807) is 0 Å². The number of nitrogens with zero attached hydrogens (tertiary/aromatic N) is 3. The van der Waals surface area contributed by atoms with Gasteiger partial charge in [0.1, 0.15) is 0 Å². The third-order valence-corrected chi connectivity index (χ3v) is 5.19. The van der Waals surface area contributed by atoms with E-state index >= 15 is 0 Å². The van der Waals surface area contributed by atoms with Gasteiger partial charge in [0.15, 0.2) is 0 Å². The van der Waals surface area contributed by atoms with E-state index in [1.165, 1.54) is 11.3 Å². The lowest BCUT2D eigenvalue weighted by Crippen LogP contribution is -2.50. The predicted molar refractivity (Wildman–Crippen MR) is 96.3 cm³/mol. The number of benzene rings is 1. The molecule has 4 rings (SSSR count). The molecule has 1 amide bonds. The Morgan fingerprint density at radius 1 is 1.12 bits per heavy atom. The van der Waals surface area contributed by atoms with Gasteiger partial charge in [-0.3, -0.25) is 9.69 Å². The molecule has 0 spiro atoms. The fourth-order valence-electron chi connectivity index (χ4n) is 3.94. The first-order valence-corrected chi connectivity index (χ1v) is 9.06. The molecule has 0 aliphatic carbocycles. The highest BCUT2D eigenvalue weighted by Gasteiger charge is 2.31. The van der Waals surface area contributed by atoms with E-state index < -0.39 is 0 Å². The number of amides is 1. The van der Waals surface area contributed by atoms with E-state index in [0.717, 1.165) is 13.1 Å². The van der Waals surface area contributed by atoms with Gasteiger partial charge in [0.25, 0.3) is 0 Å². The Bertz CT molecular complexity index is 728. The summed E-state index contributed by atoms with van der Waals surface area (Å²) < 4.78 is 7.86. The minimum Gasteiger partial charge on any atom is -0.375 e. The molecule has 2 aliphatic rings. The van der Waals surface area contributed by atoms with Crippen molar-refractivity contribution in [2.45, 2.75) is 25.6 Å². The van der Waals surface area contributed by atoms with Crippen LogP contribution in [0.5, 0.6) is 0 Å². The topological polar surface area (TPSA) is 37.7 Å². The van der Waals surface area contributed by atoms with Gasteiger partial charge in [-0.05, 0) is 24.6 Å². The van der Waals surface area contributed by atoms with Crippen molar-refractivity contribution in [3.05, 3.63) is 59.9 Å². The summed E-state index contributed by atoms with van der Waals surface area (Å²) in [5.74, 6) is 0.205. The van der Waals surface area contributed by atoms with Crippen molar-refractivity contribution in [3.63, 3.8) is 0 Å². The smallest absolute Gasteiger partial charge is 0.236 e. The molecular formula is C20H25N3O2. The van der Waals surface area contributed by atoms with Gasteiger partial charge >= 0.3 is 0 Å². The molecule has 0 unspecified atom stereocenters. The third-order valence-electron chi connectivity index (χ3n) is 5.19. The van der Waals surface area contributed by atoms with Crippen molar-refractivity contribution >= 4 is 5.91 Å². The van der Waals surface area contributed by atoms with Crippen LogP contribution in [0, 0.1) is 0 Å². The predicted octanol–water partition coefficient (Wildman–Crippen LogP) is 2.14. The molecule has 0 radical (unpaired) electrons. The lowest BCUT2D eigenvalue weighted by Gasteiger charge is -2.39. The SMILES string of the molecule is C[C@@H]1CN(C(=O)CN2CCn3cccc3[C@H]2c2ccccc2)CCO1. The Balaban J connectivity index is 1.56. The van der Waals surface area contributed by atoms with Crippen molar-refractivity contribution in [1.82, 2.24) is 14.4 Å². The molecule has 1 fully saturated rings. The molecule has 0 saturated carbocycles. The molecule has 1 aromatic heterocycles. The Morgan fingerprint density at radius 2 is 1.96 bits per heavy atom. The van der Waals surface area contributed by atoms with Crippen LogP contribution in [-0.2, 0) is 16.1 Å². The molecule has 1 saturated heterocycles. The summed E-state index contributed by atoms with van der Waals surface area (Å²) in [6.45, 7) is 6.32. The number of hydrogen-bond donors (Lipinski definition) is 0. The lowest BCUT2D eigenvalue weighted by atomic mass is 10.00. The van der Waals surface area contributed by atoms with Crippen molar-refractivity contribution in [3.8, 4) is 0 Å². The van der Waals surface area contributed by atoms with Crippen LogP contribution in [0.3, 0.4) is 0 Å². The first kappa shape index (κ1) is 16.4. The monoisotopic (exact) mass is 339 g/mol. The summed E-state index contributed by atoms with van der Waals surface area (Å²) in [5.41, 5.74) is 2.51. The Labute approximate surface area is 148 Å². The molecule has 3 heterocycles.